The molecule has 0 radical (unpaired) electrons. The molecule has 2 aromatic heterocycles. The van der Waals surface area contributed by atoms with E-state index in [9.17, 15) is 13.6 Å². The van der Waals surface area contributed by atoms with E-state index in [0.29, 0.717) is 6.54 Å². The van der Waals surface area contributed by atoms with E-state index in [0.717, 1.165) is 5.69 Å². The number of hydrogen-bond donors (Lipinski definition) is 1. The summed E-state index contributed by atoms with van der Waals surface area (Å²) in [6.45, 7) is 0.308. The Labute approximate surface area is 114 Å². The number of rotatable bonds is 2. The minimum absolute atomic E-state index is 0.0532. The zero-order valence-corrected chi connectivity index (χ0v) is 11.1. The summed E-state index contributed by atoms with van der Waals surface area (Å²) in [5.41, 5.74) is 0.915. The maximum absolute atomic E-state index is 12.5. The van der Waals surface area contributed by atoms with Crippen LogP contribution in [-0.4, -0.2) is 38.7 Å². The van der Waals surface area contributed by atoms with E-state index in [1.165, 1.54) is 6.07 Å². The molecule has 0 aliphatic carbocycles. The number of nitrogens with one attached hydrogen (secondary N) is 1. The second-order valence-corrected chi connectivity index (χ2v) is 4.67. The van der Waals surface area contributed by atoms with Gasteiger partial charge in [0, 0.05) is 32.1 Å². The molecule has 1 N–H and O–H groups in total. The lowest BCUT2D eigenvalue weighted by Crippen LogP contribution is -2.55. The molecule has 3 rings (SSSR count). The van der Waals surface area contributed by atoms with E-state index in [-0.39, 0.29) is 18.6 Å². The Kier molecular flexibility index (Phi) is 4.29. The Morgan fingerprint density at radius 1 is 1.35 bits per heavy atom. The van der Waals surface area contributed by atoms with Crippen LogP contribution in [0.1, 0.15) is 5.69 Å². The molecule has 1 aliphatic rings. The highest BCUT2D eigenvalue weighted by Gasteiger charge is 2.43. The fourth-order valence-electron chi connectivity index (χ4n) is 1.88. The van der Waals surface area contributed by atoms with Crippen molar-refractivity contribution in [1.29, 1.82) is 0 Å². The molecule has 0 saturated carbocycles. The zero-order chi connectivity index (χ0) is 14.6. The van der Waals surface area contributed by atoms with Gasteiger partial charge in [-0.2, -0.15) is 5.10 Å². The molecular formula is C13H16F2N4O. The number of halogens is 2. The van der Waals surface area contributed by atoms with E-state index >= 15 is 0 Å². The van der Waals surface area contributed by atoms with Gasteiger partial charge < -0.3 is 4.98 Å². The Morgan fingerprint density at radius 3 is 2.50 bits per heavy atom. The third kappa shape index (κ3) is 3.99. The Bertz CT molecular complexity index is 583. The summed E-state index contributed by atoms with van der Waals surface area (Å²) in [7, 11) is 1.81. The van der Waals surface area contributed by atoms with E-state index in [1.807, 2.05) is 13.1 Å². The summed E-state index contributed by atoms with van der Waals surface area (Å²) in [6, 6.07) is 6.77. The van der Waals surface area contributed by atoms with E-state index < -0.39 is 5.92 Å². The lowest BCUT2D eigenvalue weighted by Gasteiger charge is -2.38. The van der Waals surface area contributed by atoms with Crippen molar-refractivity contribution in [3.05, 3.63) is 52.7 Å². The van der Waals surface area contributed by atoms with Gasteiger partial charge in [0.2, 0.25) is 5.56 Å². The first-order chi connectivity index (χ1) is 9.46. The first-order valence-corrected chi connectivity index (χ1v) is 6.17. The van der Waals surface area contributed by atoms with Gasteiger partial charge in [-0.25, -0.2) is 8.78 Å². The third-order valence-electron chi connectivity index (χ3n) is 2.90. The van der Waals surface area contributed by atoms with Crippen LogP contribution in [-0.2, 0) is 13.6 Å². The molecule has 0 amide bonds. The summed E-state index contributed by atoms with van der Waals surface area (Å²) in [5.74, 6) is -2.47. The normalized spacial score (nSPS) is 16.9. The van der Waals surface area contributed by atoms with Crippen molar-refractivity contribution in [2.45, 2.75) is 12.5 Å². The summed E-state index contributed by atoms with van der Waals surface area (Å²) in [6.07, 6.45) is 3.27. The largest absolute Gasteiger partial charge is 0.329 e. The fourth-order valence-corrected chi connectivity index (χ4v) is 1.88. The van der Waals surface area contributed by atoms with Crippen molar-refractivity contribution in [2.75, 3.05) is 13.1 Å². The van der Waals surface area contributed by atoms with Crippen LogP contribution in [0.5, 0.6) is 0 Å². The molecule has 0 unspecified atom stereocenters. The predicted octanol–water partition coefficient (Wildman–Crippen LogP) is 1.25. The predicted molar refractivity (Wildman–Crippen MR) is 70.5 cm³/mol. The molecular weight excluding hydrogens is 266 g/mol. The average Bonchev–Trinajstić information content (AvgIpc) is 2.75. The third-order valence-corrected chi connectivity index (χ3v) is 2.90. The minimum atomic E-state index is -2.47. The van der Waals surface area contributed by atoms with Gasteiger partial charge in [-0.1, -0.05) is 6.07 Å². The van der Waals surface area contributed by atoms with E-state index in [4.69, 9.17) is 0 Å². The molecule has 1 fully saturated rings. The number of aromatic amines is 1. The quantitative estimate of drug-likeness (QED) is 0.902. The summed E-state index contributed by atoms with van der Waals surface area (Å²) in [5, 5.41) is 3.97. The maximum Gasteiger partial charge on any atom is 0.272 e. The molecule has 0 bridgehead atoms. The smallest absolute Gasteiger partial charge is 0.272 e. The molecule has 108 valence electrons. The van der Waals surface area contributed by atoms with Gasteiger partial charge in [0.1, 0.15) is 0 Å². The molecule has 1 saturated heterocycles. The van der Waals surface area contributed by atoms with Crippen molar-refractivity contribution in [3.63, 3.8) is 0 Å². The molecule has 20 heavy (non-hydrogen) atoms. The lowest BCUT2D eigenvalue weighted by molar-refractivity contribution is -0.134. The van der Waals surface area contributed by atoms with E-state index in [1.54, 1.807) is 34.1 Å². The highest BCUT2D eigenvalue weighted by atomic mass is 19.3. The Hall–Kier alpha value is -2.02. The van der Waals surface area contributed by atoms with Crippen LogP contribution in [0.25, 0.3) is 0 Å². The van der Waals surface area contributed by atoms with Crippen LogP contribution < -0.4 is 5.56 Å². The molecule has 0 spiro atoms. The van der Waals surface area contributed by atoms with Crippen LogP contribution in [0.3, 0.4) is 0 Å². The van der Waals surface area contributed by atoms with Crippen LogP contribution in [0.2, 0.25) is 0 Å². The number of aromatic nitrogens is 3. The molecule has 3 heterocycles. The topological polar surface area (TPSA) is 53.9 Å². The molecule has 2 aromatic rings. The van der Waals surface area contributed by atoms with Gasteiger partial charge in [-0.15, -0.1) is 0 Å². The van der Waals surface area contributed by atoms with Crippen LogP contribution in [0, 0.1) is 0 Å². The summed E-state index contributed by atoms with van der Waals surface area (Å²) in [4.78, 5) is 14.4. The van der Waals surface area contributed by atoms with Crippen molar-refractivity contribution < 1.29 is 8.78 Å². The van der Waals surface area contributed by atoms with Gasteiger partial charge in [-0.3, -0.25) is 14.4 Å². The van der Waals surface area contributed by atoms with E-state index in [2.05, 4.69) is 10.1 Å². The second kappa shape index (κ2) is 5.96. The van der Waals surface area contributed by atoms with Gasteiger partial charge in [0.25, 0.3) is 5.92 Å². The number of nitrogens with zero attached hydrogens (tertiary/aromatic N) is 3. The molecule has 1 aliphatic heterocycles. The Morgan fingerprint density at radius 2 is 2.10 bits per heavy atom. The van der Waals surface area contributed by atoms with Gasteiger partial charge in [0.15, 0.2) is 0 Å². The van der Waals surface area contributed by atoms with Gasteiger partial charge in [0.05, 0.1) is 18.8 Å². The molecule has 0 atom stereocenters. The van der Waals surface area contributed by atoms with Crippen LogP contribution >= 0.6 is 0 Å². The van der Waals surface area contributed by atoms with Crippen LogP contribution in [0.15, 0.2) is 41.5 Å². The Balaban J connectivity index is 0.000000178. The van der Waals surface area contributed by atoms with Crippen molar-refractivity contribution >= 4 is 0 Å². The van der Waals surface area contributed by atoms with Crippen molar-refractivity contribution in [3.8, 4) is 0 Å². The van der Waals surface area contributed by atoms with Crippen molar-refractivity contribution in [1.82, 2.24) is 19.7 Å². The summed E-state index contributed by atoms with van der Waals surface area (Å²) < 4.78 is 26.6. The number of alkyl halides is 2. The minimum Gasteiger partial charge on any atom is -0.329 e. The van der Waals surface area contributed by atoms with Crippen LogP contribution in [0.4, 0.5) is 8.78 Å². The van der Waals surface area contributed by atoms with Gasteiger partial charge >= 0.3 is 0 Å². The first kappa shape index (κ1) is 14.4. The highest BCUT2D eigenvalue weighted by molar-refractivity contribution is 5.02. The van der Waals surface area contributed by atoms with Crippen molar-refractivity contribution in [2.24, 2.45) is 7.05 Å². The number of likely N-dealkylation sites (tertiary alicyclic amines) is 1. The molecule has 0 aromatic carbocycles. The molecule has 5 nitrogen and oxygen atoms in total. The monoisotopic (exact) mass is 282 g/mol. The maximum atomic E-state index is 12.5. The average molecular weight is 282 g/mol. The number of hydrogen-bond acceptors (Lipinski definition) is 3. The second-order valence-electron chi connectivity index (χ2n) is 4.67. The number of aryl methyl sites for hydroxylation is 1. The van der Waals surface area contributed by atoms with Gasteiger partial charge in [-0.05, 0) is 12.1 Å². The zero-order valence-electron chi connectivity index (χ0n) is 11.1. The molecule has 7 heteroatoms. The highest BCUT2D eigenvalue weighted by Crippen LogP contribution is 2.27. The summed E-state index contributed by atoms with van der Waals surface area (Å²) >= 11 is 0. The first-order valence-electron chi connectivity index (χ1n) is 6.17. The fraction of sp³-hybridized carbons (Fsp3) is 0.385. The number of H-pyrrole nitrogens is 1. The lowest BCUT2D eigenvalue weighted by atomic mass is 10.1. The SMILES string of the molecule is Cn1nccc1CN1CC(F)(F)C1.O=c1cccc[nH]1. The number of pyridine rings is 1. The standard InChI is InChI=1S/C8H11F2N3.C5H5NO/c1-12-7(2-3-11-12)4-13-5-8(9,10)6-13;7-5-3-1-2-4-6-5/h2-3H,4-6H2,1H3;1-4H,(H,6,7).